The molecule has 0 aromatic carbocycles. The number of carbonyl (C=O) groups is 1. The number of carbonyl (C=O) groups excluding carboxylic acids is 1. The molecule has 53 heavy (non-hydrogen) atoms. The van der Waals surface area contributed by atoms with Gasteiger partial charge in [0.1, 0.15) is 17.8 Å². The molecule has 4 fully saturated rings. The Hall–Kier alpha value is -0.580. The molecular formula is C40H72O12S. The summed E-state index contributed by atoms with van der Waals surface area (Å²) in [6, 6.07) is 0. The standard InChI is InChI=1S/C40H72O12S/c1-16-27-40(14,44)34-23(5)29(50-38(11,12)51-34)21(3)18-39(13,43)33(49-36-30(52-53-15)20(2)17-22(4)45-36)24(6)31(25(7)35(42)47-27)48-28-19-37(9,10)32(41)26(8)46-28/h20-34,36,41,43-44H,16-19H2,1-15H3/t20-,21+,22+,23-,24-,25+,26-,27+,28?,29-,30+,31-,32-,33+,34+,36?,39-,40+/m0/s1/i15T,41T. The van der Waals surface area contributed by atoms with Crippen LogP contribution in [-0.4, -0.2) is 113 Å². The molecule has 0 amide bonds. The van der Waals surface area contributed by atoms with Crippen molar-refractivity contribution in [2.45, 2.75) is 207 Å². The molecule has 4 heterocycles. The molecule has 0 aromatic heterocycles. The molecule has 2 bridgehead atoms. The van der Waals surface area contributed by atoms with E-state index >= 15 is 0 Å². The zero-order chi connectivity index (χ0) is 41.4. The molecule has 2 unspecified atom stereocenters. The fraction of sp³-hybridized carbons (Fsp3) is 0.975. The van der Waals surface area contributed by atoms with E-state index in [1.165, 1.54) is 0 Å². The third-order valence-corrected chi connectivity index (χ3v) is 12.7. The van der Waals surface area contributed by atoms with Gasteiger partial charge in [-0.3, -0.25) is 4.79 Å². The summed E-state index contributed by atoms with van der Waals surface area (Å²) < 4.78 is 67.4. The maximum atomic E-state index is 14.4. The van der Waals surface area contributed by atoms with Gasteiger partial charge in [-0.05, 0) is 97.0 Å². The first kappa shape index (κ1) is 42.0. The lowest BCUT2D eigenvalue weighted by Crippen LogP contribution is -2.64. The van der Waals surface area contributed by atoms with Gasteiger partial charge in [0.25, 0.3) is 0 Å². The Kier molecular flexibility index (Phi) is 13.6. The second kappa shape index (κ2) is 17.1. The minimum atomic E-state index is -1.60. The molecule has 0 aliphatic carbocycles. The first-order chi connectivity index (χ1) is 25.4. The van der Waals surface area contributed by atoms with Crippen molar-refractivity contribution in [3.8, 4) is 0 Å². The van der Waals surface area contributed by atoms with Crippen LogP contribution < -0.4 is 0 Å². The van der Waals surface area contributed by atoms with Crippen molar-refractivity contribution in [3.05, 3.63) is 0 Å². The number of esters is 1. The van der Waals surface area contributed by atoms with Crippen LogP contribution in [0, 0.1) is 35.0 Å². The van der Waals surface area contributed by atoms with Crippen molar-refractivity contribution in [1.82, 2.24) is 0 Å². The van der Waals surface area contributed by atoms with Crippen LogP contribution in [-0.2, 0) is 42.1 Å². The fourth-order valence-corrected chi connectivity index (χ4v) is 10.1. The van der Waals surface area contributed by atoms with E-state index in [0.29, 0.717) is 12.8 Å². The van der Waals surface area contributed by atoms with Gasteiger partial charge in [-0.2, -0.15) is 0 Å². The van der Waals surface area contributed by atoms with Gasteiger partial charge in [0, 0.05) is 25.9 Å². The van der Waals surface area contributed by atoms with Crippen LogP contribution in [0.4, 0.5) is 0 Å². The van der Waals surface area contributed by atoms with Crippen molar-refractivity contribution < 1.29 is 58.8 Å². The highest BCUT2D eigenvalue weighted by molar-refractivity contribution is 7.93. The Morgan fingerprint density at radius 3 is 2.19 bits per heavy atom. The van der Waals surface area contributed by atoms with Crippen LogP contribution in [0.3, 0.4) is 0 Å². The minimum Gasteiger partial charge on any atom is -0.459 e. The number of hydrogen-bond acceptors (Lipinski definition) is 13. The molecule has 310 valence electrons. The number of fused-ring (bicyclic) bond motifs is 2. The highest BCUT2D eigenvalue weighted by atomic mass is 32.2. The molecule has 4 rings (SSSR count). The van der Waals surface area contributed by atoms with Crippen LogP contribution in [0.15, 0.2) is 0 Å². The molecular weight excluding hydrogens is 704 g/mol. The van der Waals surface area contributed by atoms with E-state index in [1.807, 2.05) is 55.4 Å². The van der Waals surface area contributed by atoms with Gasteiger partial charge in [0.15, 0.2) is 18.4 Å². The number of aliphatic hydroxyl groups excluding tert-OH is 1. The average Bonchev–Trinajstić information content (AvgIpc) is 3.06. The molecule has 3 N–H and O–H groups in total. The Labute approximate surface area is 326 Å². The van der Waals surface area contributed by atoms with Crippen molar-refractivity contribution in [2.24, 2.45) is 35.0 Å². The van der Waals surface area contributed by atoms with Crippen LogP contribution >= 0.6 is 12.0 Å². The normalized spacial score (nSPS) is 50.3. The molecule has 4 aliphatic heterocycles. The SMILES string of the molecule is [3H]CSO[C@H]1C(O[C@@H]2[C@@H](C)[C@H](OC3CC(C)(C)[C@@H](O[3H])[C@H](C)O3)[C@@H](C)C(=O)O[C@H](CC)[C@@](C)(O)[C@@H]3OC(C)(C)O[C@H]([C@@H]3C)[C@H](C)C[C@]2(C)O)O[C@H](C)C[C@@H]1C. The van der Waals surface area contributed by atoms with Gasteiger partial charge in [-0.25, -0.2) is 0 Å². The Morgan fingerprint density at radius 2 is 1.58 bits per heavy atom. The lowest BCUT2D eigenvalue weighted by atomic mass is 9.72. The summed E-state index contributed by atoms with van der Waals surface area (Å²) in [7, 11) is 0. The molecule has 0 spiro atoms. The lowest BCUT2D eigenvalue weighted by molar-refractivity contribution is -0.360. The third-order valence-electron chi connectivity index (χ3n) is 12.4. The topological polar surface area (TPSA) is 152 Å². The van der Waals surface area contributed by atoms with E-state index in [-0.39, 0.29) is 36.5 Å². The van der Waals surface area contributed by atoms with Gasteiger partial charge in [-0.1, -0.05) is 48.5 Å². The van der Waals surface area contributed by atoms with E-state index in [4.69, 9.17) is 45.3 Å². The first-order valence-corrected chi connectivity index (χ1v) is 20.6. The Morgan fingerprint density at radius 1 is 0.906 bits per heavy atom. The van der Waals surface area contributed by atoms with E-state index in [2.05, 4.69) is 6.92 Å². The van der Waals surface area contributed by atoms with Crippen LogP contribution in [0.2, 0.25) is 0 Å². The fourth-order valence-electron chi connectivity index (χ4n) is 9.66. The molecule has 4 aliphatic rings. The average molecular weight is 781 g/mol. The van der Waals surface area contributed by atoms with E-state index < -0.39 is 102 Å². The Bertz CT molecular complexity index is 1260. The number of rotatable bonds is 8. The summed E-state index contributed by atoms with van der Waals surface area (Å²) >= 11 is 1.02. The smallest absolute Gasteiger partial charge is 0.311 e. The summed E-state index contributed by atoms with van der Waals surface area (Å²) in [5, 5.41) is 30.2. The molecule has 0 radical (unpaired) electrons. The predicted molar refractivity (Wildman–Crippen MR) is 202 cm³/mol. The van der Waals surface area contributed by atoms with E-state index in [9.17, 15) is 15.0 Å². The number of ether oxygens (including phenoxy) is 7. The first-order valence-electron chi connectivity index (χ1n) is 20.8. The number of cyclic esters (lactones) is 1. The summed E-state index contributed by atoms with van der Waals surface area (Å²) in [5.41, 5.74) is -3.67. The van der Waals surface area contributed by atoms with Crippen LogP contribution in [0.5, 0.6) is 0 Å². The molecule has 18 atom stereocenters. The highest BCUT2D eigenvalue weighted by Crippen LogP contribution is 2.46. The summed E-state index contributed by atoms with van der Waals surface area (Å²) in [6.45, 7) is 26.3. The van der Waals surface area contributed by atoms with E-state index in [1.54, 1.807) is 34.6 Å². The maximum absolute atomic E-state index is 14.4. The van der Waals surface area contributed by atoms with Crippen molar-refractivity contribution in [3.63, 3.8) is 0 Å². The molecule has 0 aromatic rings. The number of aliphatic hydroxyl groups is 3. The van der Waals surface area contributed by atoms with Gasteiger partial charge < -0.3 is 52.7 Å². The van der Waals surface area contributed by atoms with E-state index in [0.717, 1.165) is 18.5 Å². The van der Waals surface area contributed by atoms with Gasteiger partial charge >= 0.3 is 5.97 Å². The predicted octanol–water partition coefficient (Wildman–Crippen LogP) is 6.01. The van der Waals surface area contributed by atoms with Gasteiger partial charge in [-0.15, -0.1) is 0 Å². The van der Waals surface area contributed by atoms with Crippen molar-refractivity contribution in [2.75, 3.05) is 6.23 Å². The summed E-state index contributed by atoms with van der Waals surface area (Å²) in [6.07, 6.45) is -5.91. The van der Waals surface area contributed by atoms with Crippen molar-refractivity contribution in [1.29, 1.82) is 1.43 Å². The van der Waals surface area contributed by atoms with Crippen LogP contribution in [0.1, 0.15) is 124 Å². The monoisotopic (exact) mass is 780 g/mol. The summed E-state index contributed by atoms with van der Waals surface area (Å²) in [5.74, 6) is -3.90. The zero-order valence-electron chi connectivity index (χ0n) is 36.7. The molecule has 12 nitrogen and oxygen atoms in total. The molecule has 0 saturated carbocycles. The lowest BCUT2D eigenvalue weighted by Gasteiger charge is -2.53. The largest absolute Gasteiger partial charge is 0.459 e. The third kappa shape index (κ3) is 9.94. The molecule has 13 heteroatoms. The maximum Gasteiger partial charge on any atom is 0.311 e. The van der Waals surface area contributed by atoms with Crippen molar-refractivity contribution >= 4 is 18.0 Å². The van der Waals surface area contributed by atoms with Gasteiger partial charge in [0.2, 0.25) is 1.43 Å². The van der Waals surface area contributed by atoms with Crippen LogP contribution in [0.25, 0.3) is 0 Å². The Balaban J connectivity index is 1.86. The van der Waals surface area contributed by atoms with Gasteiger partial charge in [0.05, 0.1) is 54.2 Å². The molecule has 4 saturated heterocycles. The summed E-state index contributed by atoms with van der Waals surface area (Å²) in [4.78, 5) is 14.4. The quantitative estimate of drug-likeness (QED) is 0.195. The number of hydrogen-bond donors (Lipinski definition) is 3. The second-order valence-corrected chi connectivity index (χ2v) is 18.8. The minimum absolute atomic E-state index is 0.00929. The second-order valence-electron chi connectivity index (χ2n) is 18.4. The highest BCUT2D eigenvalue weighted by Gasteiger charge is 2.56. The zero-order valence-corrected chi connectivity index (χ0v) is 35.5.